The largest absolute Gasteiger partial charge is 0.471 e. The Bertz CT molecular complexity index is 271. The molecular formula is C11H18F3NO3. The quantitative estimate of drug-likeness (QED) is 0.517. The van der Waals surface area contributed by atoms with E-state index in [0.29, 0.717) is 13.0 Å². The van der Waals surface area contributed by atoms with Gasteiger partial charge in [0, 0.05) is 13.2 Å². The minimum atomic E-state index is -4.83. The summed E-state index contributed by atoms with van der Waals surface area (Å²) in [6, 6.07) is 0. The van der Waals surface area contributed by atoms with E-state index in [4.69, 9.17) is 9.84 Å². The molecule has 0 heterocycles. The molecule has 0 spiro atoms. The van der Waals surface area contributed by atoms with Crippen molar-refractivity contribution in [1.29, 1.82) is 0 Å². The van der Waals surface area contributed by atoms with E-state index in [0.717, 1.165) is 12.0 Å². The van der Waals surface area contributed by atoms with E-state index < -0.39 is 12.1 Å². The molecule has 0 unspecified atom stereocenters. The fourth-order valence-corrected chi connectivity index (χ4v) is 1.06. The number of hydrogen-bond acceptors (Lipinski definition) is 3. The molecule has 18 heavy (non-hydrogen) atoms. The predicted octanol–water partition coefficient (Wildman–Crippen LogP) is 1.40. The number of ether oxygens (including phenoxy) is 1. The fourth-order valence-electron chi connectivity index (χ4n) is 1.06. The molecule has 0 bridgehead atoms. The highest BCUT2D eigenvalue weighted by atomic mass is 19.4. The summed E-state index contributed by atoms with van der Waals surface area (Å²) >= 11 is 0. The minimum Gasteiger partial charge on any atom is -0.392 e. The van der Waals surface area contributed by atoms with Crippen molar-refractivity contribution < 1.29 is 27.8 Å². The molecule has 4 nitrogen and oxygen atoms in total. The zero-order chi connectivity index (χ0) is 14.0. The SMILES string of the molecule is CC/C(=C\COCCCNC(=O)C(F)(F)F)CO. The number of nitrogens with one attached hydrogen (secondary N) is 1. The van der Waals surface area contributed by atoms with Crippen LogP contribution in [0.15, 0.2) is 11.6 Å². The summed E-state index contributed by atoms with van der Waals surface area (Å²) in [5.41, 5.74) is 0.848. The maximum absolute atomic E-state index is 11.8. The van der Waals surface area contributed by atoms with Crippen molar-refractivity contribution in [2.45, 2.75) is 25.9 Å². The summed E-state index contributed by atoms with van der Waals surface area (Å²) < 4.78 is 40.4. The van der Waals surface area contributed by atoms with E-state index in [1.807, 2.05) is 6.92 Å². The van der Waals surface area contributed by atoms with Gasteiger partial charge >= 0.3 is 12.1 Å². The second kappa shape index (κ2) is 8.93. The zero-order valence-corrected chi connectivity index (χ0v) is 10.2. The van der Waals surface area contributed by atoms with Gasteiger partial charge < -0.3 is 15.2 Å². The normalized spacial score (nSPS) is 12.6. The first-order valence-electron chi connectivity index (χ1n) is 5.63. The molecule has 0 fully saturated rings. The number of carbonyl (C=O) groups excluding carboxylic acids is 1. The van der Waals surface area contributed by atoms with Crippen LogP contribution in [0.25, 0.3) is 0 Å². The van der Waals surface area contributed by atoms with Crippen LogP contribution in [0.2, 0.25) is 0 Å². The van der Waals surface area contributed by atoms with Gasteiger partial charge in [-0.25, -0.2) is 0 Å². The summed E-state index contributed by atoms with van der Waals surface area (Å²) in [6.07, 6.45) is -2.08. The van der Waals surface area contributed by atoms with E-state index in [9.17, 15) is 18.0 Å². The van der Waals surface area contributed by atoms with Crippen LogP contribution in [-0.4, -0.2) is 43.6 Å². The molecule has 0 radical (unpaired) electrons. The summed E-state index contributed by atoms with van der Waals surface area (Å²) in [6.45, 7) is 2.34. The van der Waals surface area contributed by atoms with E-state index in [-0.39, 0.29) is 19.8 Å². The van der Waals surface area contributed by atoms with Gasteiger partial charge in [0.1, 0.15) is 0 Å². The number of halogens is 3. The summed E-state index contributed by atoms with van der Waals surface area (Å²) in [4.78, 5) is 10.4. The maximum Gasteiger partial charge on any atom is 0.471 e. The highest BCUT2D eigenvalue weighted by molar-refractivity contribution is 5.81. The maximum atomic E-state index is 11.8. The molecule has 7 heteroatoms. The summed E-state index contributed by atoms with van der Waals surface area (Å²) in [5, 5.41) is 10.6. The number of carbonyl (C=O) groups is 1. The van der Waals surface area contributed by atoms with Crippen molar-refractivity contribution in [1.82, 2.24) is 5.32 Å². The molecule has 0 atom stereocenters. The average molecular weight is 269 g/mol. The highest BCUT2D eigenvalue weighted by Gasteiger charge is 2.38. The van der Waals surface area contributed by atoms with Crippen LogP contribution in [0.3, 0.4) is 0 Å². The number of aliphatic hydroxyl groups is 1. The lowest BCUT2D eigenvalue weighted by atomic mass is 10.2. The van der Waals surface area contributed by atoms with Crippen LogP contribution in [0.5, 0.6) is 0 Å². The van der Waals surface area contributed by atoms with Gasteiger partial charge in [-0.15, -0.1) is 0 Å². The first-order chi connectivity index (χ1) is 8.41. The molecule has 1 amide bonds. The summed E-state index contributed by atoms with van der Waals surface area (Å²) in [5.74, 6) is -1.93. The Balaban J connectivity index is 3.53. The predicted molar refractivity (Wildman–Crippen MR) is 60.0 cm³/mol. The van der Waals surface area contributed by atoms with E-state index in [1.54, 1.807) is 11.4 Å². The molecule has 2 N–H and O–H groups in total. The molecule has 0 saturated carbocycles. The monoisotopic (exact) mass is 269 g/mol. The molecule has 0 aliphatic rings. The minimum absolute atomic E-state index is 0.0263. The second-order valence-electron chi connectivity index (χ2n) is 3.56. The van der Waals surface area contributed by atoms with Crippen LogP contribution in [0.4, 0.5) is 13.2 Å². The lowest BCUT2D eigenvalue weighted by Gasteiger charge is -2.07. The van der Waals surface area contributed by atoms with Crippen LogP contribution >= 0.6 is 0 Å². The van der Waals surface area contributed by atoms with E-state index in [1.165, 1.54) is 0 Å². The molecule has 0 aromatic carbocycles. The van der Waals surface area contributed by atoms with E-state index >= 15 is 0 Å². The van der Waals surface area contributed by atoms with Crippen molar-refractivity contribution >= 4 is 5.91 Å². The molecule has 0 aromatic heterocycles. The topological polar surface area (TPSA) is 58.6 Å². The van der Waals surface area contributed by atoms with Gasteiger partial charge in [-0.05, 0) is 18.4 Å². The number of alkyl halides is 3. The third-order valence-corrected chi connectivity index (χ3v) is 2.16. The molecule has 0 aliphatic heterocycles. The Hall–Kier alpha value is -1.08. The molecule has 106 valence electrons. The van der Waals surface area contributed by atoms with Gasteiger partial charge in [0.2, 0.25) is 0 Å². The van der Waals surface area contributed by atoms with Crippen molar-refractivity contribution in [3.05, 3.63) is 11.6 Å². The van der Waals surface area contributed by atoms with Gasteiger partial charge in [0.15, 0.2) is 0 Å². The van der Waals surface area contributed by atoms with Gasteiger partial charge in [0.05, 0.1) is 13.2 Å². The lowest BCUT2D eigenvalue weighted by Crippen LogP contribution is -2.37. The van der Waals surface area contributed by atoms with Gasteiger partial charge in [-0.2, -0.15) is 13.2 Å². The average Bonchev–Trinajstić information content (AvgIpc) is 2.31. The molecule has 0 saturated heterocycles. The Kier molecular flexibility index (Phi) is 8.40. The lowest BCUT2D eigenvalue weighted by molar-refractivity contribution is -0.173. The van der Waals surface area contributed by atoms with E-state index in [2.05, 4.69) is 0 Å². The van der Waals surface area contributed by atoms with Gasteiger partial charge in [0.25, 0.3) is 0 Å². The Morgan fingerprint density at radius 2 is 2.11 bits per heavy atom. The molecule has 0 rings (SSSR count). The number of hydrogen-bond donors (Lipinski definition) is 2. The van der Waals surface area contributed by atoms with Crippen LogP contribution < -0.4 is 5.32 Å². The number of rotatable bonds is 8. The highest BCUT2D eigenvalue weighted by Crippen LogP contribution is 2.13. The first kappa shape index (κ1) is 16.9. The molecule has 0 aromatic rings. The van der Waals surface area contributed by atoms with Crippen molar-refractivity contribution in [2.24, 2.45) is 0 Å². The zero-order valence-electron chi connectivity index (χ0n) is 10.2. The van der Waals surface area contributed by atoms with Gasteiger partial charge in [-0.1, -0.05) is 13.0 Å². The third kappa shape index (κ3) is 8.08. The van der Waals surface area contributed by atoms with Crippen molar-refractivity contribution in [2.75, 3.05) is 26.4 Å². The smallest absolute Gasteiger partial charge is 0.392 e. The standard InChI is InChI=1S/C11H18F3NO3/c1-2-9(8-16)4-7-18-6-3-5-15-10(17)11(12,13)14/h4,16H,2-3,5-8H2,1H3,(H,15,17)/b9-4+. The fraction of sp³-hybridized carbons (Fsp3) is 0.727. The summed E-state index contributed by atoms with van der Waals surface area (Å²) in [7, 11) is 0. The Labute approximate surface area is 104 Å². The second-order valence-corrected chi connectivity index (χ2v) is 3.56. The van der Waals surface area contributed by atoms with Crippen LogP contribution in [-0.2, 0) is 9.53 Å². The molecular weight excluding hydrogens is 251 g/mol. The number of aliphatic hydroxyl groups excluding tert-OH is 1. The number of amides is 1. The third-order valence-electron chi connectivity index (χ3n) is 2.16. The first-order valence-corrected chi connectivity index (χ1v) is 5.63. The van der Waals surface area contributed by atoms with Crippen molar-refractivity contribution in [3.63, 3.8) is 0 Å². The van der Waals surface area contributed by atoms with Crippen molar-refractivity contribution in [3.8, 4) is 0 Å². The Morgan fingerprint density at radius 1 is 1.44 bits per heavy atom. The van der Waals surface area contributed by atoms with Crippen LogP contribution in [0.1, 0.15) is 19.8 Å². The Morgan fingerprint density at radius 3 is 2.61 bits per heavy atom. The molecule has 0 aliphatic carbocycles. The van der Waals surface area contributed by atoms with Crippen LogP contribution in [0, 0.1) is 0 Å². The van der Waals surface area contributed by atoms with Gasteiger partial charge in [-0.3, -0.25) is 4.79 Å².